The van der Waals surface area contributed by atoms with Crippen LogP contribution in [0.15, 0.2) is 18.2 Å². The topological polar surface area (TPSA) is 0 Å². The standard InChI is InChI=1S/C16H11Cl14/c1-2-3-5-8-9(11(17,18)13(21,22)15(25,26)27)6-4-7-10(8)12(19,20)14(23,24)16(28,29)30/h4,6-7H,1-3,5H2. The van der Waals surface area contributed by atoms with Crippen molar-refractivity contribution in [3.8, 4) is 0 Å². The van der Waals surface area contributed by atoms with Gasteiger partial charge in [0.15, 0.2) is 8.67 Å². The van der Waals surface area contributed by atoms with Crippen molar-refractivity contribution < 1.29 is 0 Å². The van der Waals surface area contributed by atoms with Crippen LogP contribution >= 0.6 is 162 Å². The number of rotatable bonds is 7. The molecule has 173 valence electrons. The Balaban J connectivity index is 3.88. The van der Waals surface area contributed by atoms with Gasteiger partial charge in [-0.25, -0.2) is 0 Å². The molecule has 0 spiro atoms. The van der Waals surface area contributed by atoms with Gasteiger partial charge in [0.05, 0.1) is 0 Å². The summed E-state index contributed by atoms with van der Waals surface area (Å²) in [5.74, 6) is 0. The fraction of sp³-hybridized carbons (Fsp3) is 0.562. The molecule has 14 heteroatoms. The Hall–Kier alpha value is 3.28. The lowest BCUT2D eigenvalue weighted by Crippen LogP contribution is -2.47. The monoisotopic (exact) mass is 693 g/mol. The molecule has 0 heterocycles. The highest BCUT2D eigenvalue weighted by Gasteiger charge is 2.63. The van der Waals surface area contributed by atoms with Gasteiger partial charge in [0.2, 0.25) is 16.3 Å². The average molecular weight is 700 g/mol. The lowest BCUT2D eigenvalue weighted by atomic mass is 9.90. The van der Waals surface area contributed by atoms with Gasteiger partial charge in [-0.1, -0.05) is 194 Å². The van der Waals surface area contributed by atoms with Crippen LogP contribution in [0.1, 0.15) is 29.5 Å². The van der Waals surface area contributed by atoms with Gasteiger partial charge in [0.1, 0.15) is 0 Å². The molecule has 1 radical (unpaired) electrons. The van der Waals surface area contributed by atoms with E-state index in [1.54, 1.807) is 0 Å². The summed E-state index contributed by atoms with van der Waals surface area (Å²) in [5.41, 5.74) is 0.621. The van der Waals surface area contributed by atoms with E-state index in [1.165, 1.54) is 18.2 Å². The Bertz CT molecular complexity index is 685. The minimum atomic E-state index is -2.32. The van der Waals surface area contributed by atoms with Crippen molar-refractivity contribution in [1.82, 2.24) is 0 Å². The van der Waals surface area contributed by atoms with Crippen molar-refractivity contribution in [2.45, 2.75) is 44.2 Å². The van der Waals surface area contributed by atoms with E-state index < -0.39 is 24.9 Å². The first-order valence-corrected chi connectivity index (χ1v) is 13.0. The van der Waals surface area contributed by atoms with Gasteiger partial charge >= 0.3 is 0 Å². The molecule has 0 nitrogen and oxygen atoms in total. The quantitative estimate of drug-likeness (QED) is 0.249. The van der Waals surface area contributed by atoms with Crippen LogP contribution in [0.5, 0.6) is 0 Å². The van der Waals surface area contributed by atoms with Crippen molar-refractivity contribution in [1.29, 1.82) is 0 Å². The number of unbranched alkanes of at least 4 members (excludes halogenated alkanes) is 1. The Morgan fingerprint density at radius 2 is 0.933 bits per heavy atom. The van der Waals surface area contributed by atoms with E-state index in [0.29, 0.717) is 18.4 Å². The molecule has 30 heavy (non-hydrogen) atoms. The Morgan fingerprint density at radius 3 is 1.20 bits per heavy atom. The molecule has 0 N–H and O–H groups in total. The molecule has 0 bridgehead atoms. The van der Waals surface area contributed by atoms with Crippen LogP contribution in [-0.4, -0.2) is 16.3 Å². The second kappa shape index (κ2) is 10.7. The van der Waals surface area contributed by atoms with E-state index in [4.69, 9.17) is 162 Å². The first-order chi connectivity index (χ1) is 13.2. The maximum absolute atomic E-state index is 6.55. The van der Waals surface area contributed by atoms with Crippen LogP contribution in [0.4, 0.5) is 0 Å². The molecule has 0 unspecified atom stereocenters. The predicted octanol–water partition coefficient (Wildman–Crippen LogP) is 11.2. The third-order valence-electron chi connectivity index (χ3n) is 4.03. The van der Waals surface area contributed by atoms with Gasteiger partial charge in [-0.3, -0.25) is 0 Å². The number of benzene rings is 1. The number of alkyl halides is 14. The third kappa shape index (κ3) is 5.98. The molecule has 0 aliphatic carbocycles. The zero-order valence-corrected chi connectivity index (χ0v) is 24.9. The summed E-state index contributed by atoms with van der Waals surface area (Å²) < 4.78 is -13.6. The molecule has 0 saturated carbocycles. The van der Waals surface area contributed by atoms with Crippen molar-refractivity contribution >= 4 is 162 Å². The number of halogens is 14. The van der Waals surface area contributed by atoms with E-state index >= 15 is 0 Å². The number of hydrogen-bond acceptors (Lipinski definition) is 0. The molecule has 0 aliphatic rings. The van der Waals surface area contributed by atoms with Gasteiger partial charge < -0.3 is 0 Å². The Kier molecular flexibility index (Phi) is 11.2. The second-order valence-electron chi connectivity index (χ2n) is 6.08. The fourth-order valence-corrected chi connectivity index (χ4v) is 5.55. The van der Waals surface area contributed by atoms with Crippen LogP contribution in [0.2, 0.25) is 0 Å². The molecule has 1 aromatic rings. The summed E-state index contributed by atoms with van der Waals surface area (Å²) in [4.78, 5) is 0. The van der Waals surface area contributed by atoms with Crippen LogP contribution < -0.4 is 0 Å². The molecule has 1 rings (SSSR count). The van der Waals surface area contributed by atoms with Crippen LogP contribution in [0, 0.1) is 6.92 Å². The summed E-state index contributed by atoms with van der Waals surface area (Å²) in [5, 5.41) is 0. The lowest BCUT2D eigenvalue weighted by Gasteiger charge is -2.42. The summed E-state index contributed by atoms with van der Waals surface area (Å²) in [7, 11) is 0. The van der Waals surface area contributed by atoms with Crippen molar-refractivity contribution in [3.05, 3.63) is 41.8 Å². The zero-order valence-electron chi connectivity index (χ0n) is 14.4. The maximum Gasteiger partial charge on any atom is 0.226 e. The smallest absolute Gasteiger partial charge is 0.0930 e. The van der Waals surface area contributed by atoms with Gasteiger partial charge in [0, 0.05) is 0 Å². The van der Waals surface area contributed by atoms with Crippen LogP contribution in [-0.2, 0) is 15.1 Å². The second-order valence-corrected chi connectivity index (χ2v) is 16.0. The highest BCUT2D eigenvalue weighted by atomic mass is 35.6. The largest absolute Gasteiger partial charge is 0.226 e. The highest BCUT2D eigenvalue weighted by Crippen LogP contribution is 2.64. The van der Waals surface area contributed by atoms with Gasteiger partial charge in [-0.2, -0.15) is 0 Å². The average Bonchev–Trinajstić information content (AvgIpc) is 2.57. The zero-order chi connectivity index (χ0) is 24.0. The first-order valence-electron chi connectivity index (χ1n) is 7.74. The summed E-state index contributed by atoms with van der Waals surface area (Å²) >= 11 is 86.9. The predicted molar refractivity (Wildman–Crippen MR) is 141 cm³/mol. The summed E-state index contributed by atoms with van der Waals surface area (Å²) in [6.45, 7) is 3.80. The van der Waals surface area contributed by atoms with Crippen molar-refractivity contribution in [3.63, 3.8) is 0 Å². The minimum Gasteiger partial charge on any atom is -0.0930 e. The van der Waals surface area contributed by atoms with E-state index in [1.807, 2.05) is 0 Å². The molecule has 0 aliphatic heterocycles. The molecule has 0 atom stereocenters. The van der Waals surface area contributed by atoms with E-state index in [0.717, 1.165) is 0 Å². The SMILES string of the molecule is [CH2]CCCc1c(C(Cl)(Cl)C(Cl)(Cl)C(Cl)(Cl)Cl)cccc1C(Cl)(Cl)C(Cl)(Cl)C(Cl)(Cl)Cl. The first kappa shape index (κ1) is 31.3. The molecule has 0 amide bonds. The van der Waals surface area contributed by atoms with E-state index in [2.05, 4.69) is 6.92 Å². The van der Waals surface area contributed by atoms with Crippen molar-refractivity contribution in [2.24, 2.45) is 0 Å². The lowest BCUT2D eigenvalue weighted by molar-refractivity contribution is 0.660. The number of hydrogen-bond donors (Lipinski definition) is 0. The molecule has 0 saturated heterocycles. The van der Waals surface area contributed by atoms with E-state index in [9.17, 15) is 0 Å². The Labute approximate surface area is 245 Å². The third-order valence-corrected chi connectivity index (χ3v) is 11.9. The van der Waals surface area contributed by atoms with Crippen LogP contribution in [0.3, 0.4) is 0 Å². The molecular weight excluding hydrogens is 689 g/mol. The molecule has 0 fully saturated rings. The van der Waals surface area contributed by atoms with Gasteiger partial charge in [-0.05, 0) is 29.5 Å². The molecule has 0 aromatic heterocycles. The summed E-state index contributed by atoms with van der Waals surface area (Å²) in [6.07, 6.45) is 1.34. The normalized spacial score (nSPS) is 14.9. The van der Waals surface area contributed by atoms with Gasteiger partial charge in [0.25, 0.3) is 0 Å². The van der Waals surface area contributed by atoms with E-state index in [-0.39, 0.29) is 17.5 Å². The Morgan fingerprint density at radius 1 is 0.600 bits per heavy atom. The van der Waals surface area contributed by atoms with Crippen LogP contribution in [0.25, 0.3) is 0 Å². The fourth-order valence-electron chi connectivity index (χ4n) is 2.44. The maximum atomic E-state index is 6.55. The molecular formula is C16H11Cl14. The summed E-state index contributed by atoms with van der Waals surface area (Å²) in [6, 6.07) is 4.49. The van der Waals surface area contributed by atoms with Crippen molar-refractivity contribution in [2.75, 3.05) is 0 Å². The highest BCUT2D eigenvalue weighted by molar-refractivity contribution is 6.79. The van der Waals surface area contributed by atoms with Gasteiger partial charge in [-0.15, -0.1) is 0 Å². The minimum absolute atomic E-state index is 0.132. The molecule has 1 aromatic carbocycles.